The van der Waals surface area contributed by atoms with Gasteiger partial charge in [-0.15, -0.1) is 0 Å². The zero-order valence-electron chi connectivity index (χ0n) is 93.3. The second-order valence-electron chi connectivity index (χ2n) is 47.4. The number of carbonyl (C=O) groups excluding carboxylic acids is 6. The first-order chi connectivity index (χ1) is 62.6. The van der Waals surface area contributed by atoms with E-state index in [9.17, 15) is 28.8 Å². The highest BCUT2D eigenvalue weighted by Crippen LogP contribution is 2.34. The molecule has 11 aliphatic rings. The van der Waals surface area contributed by atoms with Crippen LogP contribution in [0, 0.1) is 94.2 Å². The summed E-state index contributed by atoms with van der Waals surface area (Å²) in [4.78, 5) is 93.6. The van der Waals surface area contributed by atoms with Gasteiger partial charge in [-0.2, -0.15) is 0 Å². The highest BCUT2D eigenvalue weighted by molar-refractivity contribution is 5.78. The molecule has 11 rings (SSSR count). The minimum absolute atomic E-state index is 0.158. The molecule has 0 aromatic carbocycles. The lowest BCUT2D eigenvalue weighted by atomic mass is 9.80. The molecule has 0 bridgehead atoms. The molecule has 133 heavy (non-hydrogen) atoms. The van der Waals surface area contributed by atoms with Crippen molar-refractivity contribution in [2.24, 2.45) is 94.2 Å². The number of piperidine rings is 6. The molecule has 11 fully saturated rings. The number of hydrogen-bond donors (Lipinski definition) is 2. The van der Waals surface area contributed by atoms with Crippen molar-refractivity contribution in [3.63, 3.8) is 0 Å². The van der Waals surface area contributed by atoms with Crippen molar-refractivity contribution in [1.29, 1.82) is 0 Å². The second kappa shape index (κ2) is 74.2. The van der Waals surface area contributed by atoms with Crippen molar-refractivity contribution in [3.05, 3.63) is 0 Å². The fourth-order valence-electron chi connectivity index (χ4n) is 18.7. The minimum atomic E-state index is -0.383. The van der Waals surface area contributed by atoms with Gasteiger partial charge in [0, 0.05) is 169 Å². The Morgan fingerprint density at radius 3 is 1.08 bits per heavy atom. The molecule has 0 spiro atoms. The molecular weight excluding hydrogens is 1660 g/mol. The number of nitrogens with zero attached hydrogens (tertiary/aromatic N) is 11. The summed E-state index contributed by atoms with van der Waals surface area (Å²) in [5.41, 5.74) is 0.139. The maximum absolute atomic E-state index is 11.8. The number of piperazine rings is 2. The molecule has 6 amide bonds. The summed E-state index contributed by atoms with van der Waals surface area (Å²) in [7, 11) is 8.70. The van der Waals surface area contributed by atoms with Gasteiger partial charge < -0.3 is 73.8 Å². The van der Waals surface area contributed by atoms with Crippen molar-refractivity contribution >= 4 is 35.6 Å². The lowest BCUT2D eigenvalue weighted by molar-refractivity contribution is -0.134. The Labute approximate surface area is 823 Å². The topological polar surface area (TPSA) is 190 Å². The monoisotopic (exact) mass is 1880 g/mol. The van der Waals surface area contributed by atoms with Gasteiger partial charge in [-0.05, 0) is 325 Å². The van der Waals surface area contributed by atoms with Crippen LogP contribution in [0.15, 0.2) is 0 Å². The lowest BCUT2D eigenvalue weighted by Gasteiger charge is -2.39. The van der Waals surface area contributed by atoms with Gasteiger partial charge in [0.25, 0.3) is 0 Å². The van der Waals surface area contributed by atoms with E-state index in [-0.39, 0.29) is 23.5 Å². The van der Waals surface area contributed by atoms with E-state index in [4.69, 9.17) is 14.2 Å². The third-order valence-corrected chi connectivity index (χ3v) is 27.6. The summed E-state index contributed by atoms with van der Waals surface area (Å²) >= 11 is 0. The van der Waals surface area contributed by atoms with E-state index >= 15 is 0 Å². The van der Waals surface area contributed by atoms with E-state index in [0.717, 1.165) is 242 Å². The Bertz CT molecular complexity index is 2840. The van der Waals surface area contributed by atoms with Crippen molar-refractivity contribution in [2.75, 3.05) is 231 Å². The summed E-state index contributed by atoms with van der Waals surface area (Å²) in [5, 5.41) is 5.96. The van der Waals surface area contributed by atoms with Crippen molar-refractivity contribution in [3.8, 4) is 0 Å². The number of hydrogen-bond acceptors (Lipinski definition) is 16. The van der Waals surface area contributed by atoms with Gasteiger partial charge in [0.05, 0.1) is 13.2 Å². The minimum Gasteiger partial charge on any atom is -0.444 e. The number of amides is 6. The summed E-state index contributed by atoms with van der Waals surface area (Å²) in [6, 6.07) is 0. The highest BCUT2D eigenvalue weighted by Gasteiger charge is 2.34. The molecule has 786 valence electrons. The Morgan fingerprint density at radius 1 is 0.368 bits per heavy atom. The van der Waals surface area contributed by atoms with Crippen LogP contribution in [-0.4, -0.2) is 326 Å². The zero-order valence-corrected chi connectivity index (χ0v) is 93.3. The van der Waals surface area contributed by atoms with Crippen LogP contribution in [-0.2, 0) is 38.2 Å². The third-order valence-electron chi connectivity index (χ3n) is 27.6. The van der Waals surface area contributed by atoms with E-state index in [2.05, 4.69) is 232 Å². The van der Waals surface area contributed by atoms with Gasteiger partial charge in [0.15, 0.2) is 0 Å². The molecule has 2 N–H and O–H groups in total. The fourth-order valence-corrected chi connectivity index (χ4v) is 18.7. The SMILES string of the molecule is CC(C)C1CCN(C(=O)OC(C)(C)C)CC1.CC(C)C1CCN(C)CC1.CC(C)C1CCOCC1.CC(C)CC(=O)N1CCCCC1.CC(C)CC(=O)N1CCN(C)CC1.CC(C)CC(=O)NCCN1CCCCC1.CC(C)CC(=O)NCCN1CCN(C)CC1.CC(C)CC1(C)COC1.CC(C)CC1CCN(C)CC1.CC(C)CCN1CCCC1=O.CC(C)CCN1CCCCC1. The van der Waals surface area contributed by atoms with Gasteiger partial charge in [0.2, 0.25) is 29.5 Å². The Hall–Kier alpha value is -3.74. The third kappa shape index (κ3) is 68.9. The van der Waals surface area contributed by atoms with Gasteiger partial charge in [-0.1, -0.05) is 172 Å². The molecule has 11 heterocycles. The first-order valence-electron chi connectivity index (χ1n) is 55.1. The van der Waals surface area contributed by atoms with Crippen LogP contribution in [0.5, 0.6) is 0 Å². The van der Waals surface area contributed by atoms with Crippen LogP contribution in [0.25, 0.3) is 0 Å². The van der Waals surface area contributed by atoms with Crippen LogP contribution in [0.1, 0.15) is 353 Å². The molecule has 22 heteroatoms. The maximum Gasteiger partial charge on any atom is 0.410 e. The smallest absolute Gasteiger partial charge is 0.410 e. The van der Waals surface area contributed by atoms with E-state index < -0.39 is 0 Å². The van der Waals surface area contributed by atoms with Gasteiger partial charge in [-0.25, -0.2) is 4.79 Å². The summed E-state index contributed by atoms with van der Waals surface area (Å²) < 4.78 is 15.7. The number of rotatable bonds is 27. The van der Waals surface area contributed by atoms with Crippen LogP contribution < -0.4 is 10.6 Å². The average Bonchev–Trinajstić information content (AvgIpc) is 1.14. The molecule has 11 saturated heterocycles. The fraction of sp³-hybridized carbons (Fsp3) is 0.946. The summed E-state index contributed by atoms with van der Waals surface area (Å²) in [6.45, 7) is 89.9. The van der Waals surface area contributed by atoms with Gasteiger partial charge >= 0.3 is 6.09 Å². The Balaban J connectivity index is 0.000000735. The first kappa shape index (κ1) is 127. The number of likely N-dealkylation sites (N-methyl/N-ethyl adjacent to an activating group) is 2. The Kier molecular flexibility index (Phi) is 71.0. The predicted molar refractivity (Wildman–Crippen MR) is 564 cm³/mol. The lowest BCUT2D eigenvalue weighted by Crippen LogP contribution is -2.47. The molecule has 0 unspecified atom stereocenters. The number of nitrogens with one attached hydrogen (secondary N) is 2. The zero-order chi connectivity index (χ0) is 100. The molecular formula is C111H223N13O9. The average molecular weight is 1880 g/mol. The van der Waals surface area contributed by atoms with Gasteiger partial charge in [-0.3, -0.25) is 28.9 Å². The Morgan fingerprint density at radius 2 is 0.729 bits per heavy atom. The van der Waals surface area contributed by atoms with E-state index in [1.54, 1.807) is 0 Å². The highest BCUT2D eigenvalue weighted by atomic mass is 16.6. The van der Waals surface area contributed by atoms with Crippen LogP contribution in [0.4, 0.5) is 4.79 Å². The summed E-state index contributed by atoms with van der Waals surface area (Å²) in [6.07, 6.45) is 32.1. The predicted octanol–water partition coefficient (Wildman–Crippen LogP) is 20.8. The van der Waals surface area contributed by atoms with Crippen LogP contribution in [0.3, 0.4) is 0 Å². The van der Waals surface area contributed by atoms with E-state index in [0.29, 0.717) is 72.0 Å². The molecule has 0 aliphatic carbocycles. The molecule has 11 aliphatic heterocycles. The largest absolute Gasteiger partial charge is 0.444 e. The van der Waals surface area contributed by atoms with E-state index in [1.807, 2.05) is 40.4 Å². The normalized spacial score (nSPS) is 20.3. The maximum atomic E-state index is 11.8. The first-order valence-corrected chi connectivity index (χ1v) is 55.1. The molecule has 22 nitrogen and oxygen atoms in total. The molecule has 0 radical (unpaired) electrons. The number of likely N-dealkylation sites (tertiary alicyclic amines) is 7. The molecule has 0 saturated carbocycles. The number of ether oxygens (including phenoxy) is 3. The van der Waals surface area contributed by atoms with E-state index in [1.165, 1.54) is 174 Å². The molecule has 0 aromatic heterocycles. The second-order valence-corrected chi connectivity index (χ2v) is 47.4. The summed E-state index contributed by atoms with van der Waals surface area (Å²) in [5.74, 6) is 12.8. The van der Waals surface area contributed by atoms with Crippen LogP contribution in [0.2, 0.25) is 0 Å². The van der Waals surface area contributed by atoms with Crippen LogP contribution >= 0.6 is 0 Å². The van der Waals surface area contributed by atoms with Crippen molar-refractivity contribution < 1.29 is 43.0 Å². The molecule has 0 atom stereocenters. The molecule has 0 aromatic rings. The van der Waals surface area contributed by atoms with Crippen molar-refractivity contribution in [2.45, 2.75) is 359 Å². The number of carbonyl (C=O) groups is 6. The van der Waals surface area contributed by atoms with Crippen molar-refractivity contribution in [1.82, 2.24) is 64.5 Å². The standard InChI is InChI=1S/C13H25NO2.C12H25N3O.C12H24N2O.C10H20N2O.C10H19NO.2C10H21N.C9H17NO.C9H19N.2C8H16O/c1-10(2)11-6-8-14(9-7-11)12(15)16-13(3,4)5;1-11(2)10-12(16)13-4-5-15-8-6-14(3)7-9-15;1-11(2)10-12(15)13-6-9-14-7-4-3-5-8-14;1-9(2)8-10(13)12-6-4-11(3)5-7-12;1-9(2)8-10(12)11-6-4-3-5-7-11;1-9(2)8-10-4-6-11(3)7-5-10;1-10(2)6-9-11-7-4-3-5-8-11;1-8(2)5-7-10-6-3-4-9(10)11;1-8(2)9-4-6-10(3)7-5-9;1-7(2)4-8(3)5-9-6-8;1-7(2)8-3-5-9-6-4-8/h10-11H,6-9H2,1-5H3;11H,4-10H2,1-3H3,(H,13,16);11H,3-10H2,1-2H3,(H,13,15);9H,4-8H2,1-3H3;9H,3-8H2,1-2H3;9-10H,4-8H2,1-3H3;10H,3-9H2,1-2H3;8H,3-7H2,1-2H3;8-9H,4-7H2,1-3H3;7H,4-6H2,1-3H3;7-8H,3-6H2,1-2H3. The van der Waals surface area contributed by atoms with Gasteiger partial charge in [0.1, 0.15) is 5.60 Å². The quantitative estimate of drug-likeness (QED) is 0.0789.